The van der Waals surface area contributed by atoms with E-state index >= 15 is 0 Å². The van der Waals surface area contributed by atoms with E-state index in [0.717, 1.165) is 11.0 Å². The zero-order valence-corrected chi connectivity index (χ0v) is 11.3. The molecule has 0 aliphatic carbocycles. The first-order valence-corrected chi connectivity index (χ1v) is 6.51. The van der Waals surface area contributed by atoms with E-state index in [9.17, 15) is 4.79 Å². The molecule has 5 heteroatoms. The molecule has 0 aliphatic heterocycles. The van der Waals surface area contributed by atoms with Gasteiger partial charge in [-0.1, -0.05) is 30.3 Å². The number of fused-ring (bicyclic) bond motifs is 1. The topological polar surface area (TPSA) is 57.0 Å². The van der Waals surface area contributed by atoms with Crippen LogP contribution in [0.1, 0.15) is 6.42 Å². The van der Waals surface area contributed by atoms with Gasteiger partial charge in [-0.25, -0.2) is 0 Å². The highest BCUT2D eigenvalue weighted by Crippen LogP contribution is 2.23. The molecule has 0 atom stereocenters. The third kappa shape index (κ3) is 2.67. The molecule has 1 heterocycles. The van der Waals surface area contributed by atoms with Gasteiger partial charge in [0.15, 0.2) is 5.75 Å². The molecule has 0 saturated heterocycles. The minimum Gasteiger partial charge on any atom is -0.424 e. The number of aromatic nitrogens is 3. The van der Waals surface area contributed by atoms with Crippen LogP contribution in [-0.2, 0) is 4.79 Å². The van der Waals surface area contributed by atoms with E-state index in [0.29, 0.717) is 11.4 Å². The minimum absolute atomic E-state index is 0.156. The molecule has 3 rings (SSSR count). The molecule has 5 nitrogen and oxygen atoms in total. The molecule has 3 aromatic rings. The number of para-hydroxylation sites is 2. The molecule has 0 aliphatic rings. The largest absolute Gasteiger partial charge is 0.424 e. The van der Waals surface area contributed by atoms with Crippen molar-refractivity contribution in [2.75, 3.05) is 0 Å². The molecule has 21 heavy (non-hydrogen) atoms. The molecular formula is C16H13N3O2. The van der Waals surface area contributed by atoms with Crippen LogP contribution in [0.25, 0.3) is 16.7 Å². The van der Waals surface area contributed by atoms with Gasteiger partial charge in [-0.15, -0.1) is 21.6 Å². The number of nitrogens with zero attached hydrogens (tertiary/aromatic N) is 3. The van der Waals surface area contributed by atoms with Crippen molar-refractivity contribution in [1.29, 1.82) is 0 Å². The van der Waals surface area contributed by atoms with E-state index < -0.39 is 0 Å². The van der Waals surface area contributed by atoms with E-state index in [1.165, 1.54) is 10.9 Å². The van der Waals surface area contributed by atoms with Gasteiger partial charge in [0, 0.05) is 0 Å². The standard InChI is InChI=1S/C16H13N3O2/c1-2-7-16(20)21-15-11-6-5-10-14(15)19-17-12-8-3-4-9-13(12)18-19/h2-6,8-11H,1,7H2. The molecule has 2 aromatic carbocycles. The van der Waals surface area contributed by atoms with E-state index in [1.807, 2.05) is 30.3 Å². The fourth-order valence-electron chi connectivity index (χ4n) is 1.96. The lowest BCUT2D eigenvalue weighted by Crippen LogP contribution is -2.09. The van der Waals surface area contributed by atoms with Crippen molar-refractivity contribution in [3.8, 4) is 11.4 Å². The molecule has 1 aromatic heterocycles. The highest BCUT2D eigenvalue weighted by molar-refractivity contribution is 5.76. The normalized spacial score (nSPS) is 10.5. The molecule has 0 spiro atoms. The van der Waals surface area contributed by atoms with Crippen molar-refractivity contribution in [1.82, 2.24) is 15.0 Å². The molecular weight excluding hydrogens is 266 g/mol. The lowest BCUT2D eigenvalue weighted by molar-refractivity contribution is -0.133. The first kappa shape index (κ1) is 13.1. The third-order valence-corrected chi connectivity index (χ3v) is 2.90. The van der Waals surface area contributed by atoms with E-state index in [4.69, 9.17) is 4.74 Å². The molecule has 0 bridgehead atoms. The van der Waals surface area contributed by atoms with Gasteiger partial charge in [-0.2, -0.15) is 0 Å². The summed E-state index contributed by atoms with van der Waals surface area (Å²) in [5.74, 6) is 0.0545. The van der Waals surface area contributed by atoms with Crippen LogP contribution >= 0.6 is 0 Å². The Balaban J connectivity index is 2.01. The first-order chi connectivity index (χ1) is 10.3. The zero-order chi connectivity index (χ0) is 14.7. The summed E-state index contributed by atoms with van der Waals surface area (Å²) in [5.41, 5.74) is 2.18. The van der Waals surface area contributed by atoms with Crippen LogP contribution in [0.3, 0.4) is 0 Å². The molecule has 0 amide bonds. The zero-order valence-electron chi connectivity index (χ0n) is 11.3. The molecule has 0 N–H and O–H groups in total. The van der Waals surface area contributed by atoms with Gasteiger partial charge in [0.05, 0.1) is 6.42 Å². The Morgan fingerprint density at radius 1 is 1.10 bits per heavy atom. The van der Waals surface area contributed by atoms with Crippen LogP contribution < -0.4 is 4.74 Å². The minimum atomic E-state index is -0.367. The summed E-state index contributed by atoms with van der Waals surface area (Å²) in [7, 11) is 0. The summed E-state index contributed by atoms with van der Waals surface area (Å²) >= 11 is 0. The summed E-state index contributed by atoms with van der Waals surface area (Å²) in [6.45, 7) is 3.52. The van der Waals surface area contributed by atoms with E-state index in [-0.39, 0.29) is 12.4 Å². The summed E-state index contributed by atoms with van der Waals surface area (Å²) in [6, 6.07) is 14.7. The van der Waals surface area contributed by atoms with Crippen molar-refractivity contribution < 1.29 is 9.53 Å². The maximum Gasteiger partial charge on any atom is 0.315 e. The van der Waals surface area contributed by atoms with Crippen molar-refractivity contribution in [3.05, 3.63) is 61.2 Å². The van der Waals surface area contributed by atoms with Crippen LogP contribution in [0.15, 0.2) is 61.2 Å². The smallest absolute Gasteiger partial charge is 0.315 e. The maximum atomic E-state index is 11.6. The molecule has 0 unspecified atom stereocenters. The molecule has 0 radical (unpaired) electrons. The van der Waals surface area contributed by atoms with Gasteiger partial charge in [-0.05, 0) is 24.3 Å². The van der Waals surface area contributed by atoms with Crippen LogP contribution in [0.4, 0.5) is 0 Å². The summed E-state index contributed by atoms with van der Waals surface area (Å²) < 4.78 is 5.33. The number of hydrogen-bond donors (Lipinski definition) is 0. The number of esters is 1. The number of ether oxygens (including phenoxy) is 1. The monoisotopic (exact) mass is 279 g/mol. The van der Waals surface area contributed by atoms with E-state index in [2.05, 4.69) is 16.8 Å². The Kier molecular flexibility index (Phi) is 3.47. The van der Waals surface area contributed by atoms with Gasteiger partial charge in [-0.3, -0.25) is 4.79 Å². The number of carbonyl (C=O) groups is 1. The fourth-order valence-corrected chi connectivity index (χ4v) is 1.96. The van der Waals surface area contributed by atoms with Crippen LogP contribution in [0, 0.1) is 0 Å². The van der Waals surface area contributed by atoms with Crippen LogP contribution in [0.2, 0.25) is 0 Å². The highest BCUT2D eigenvalue weighted by Gasteiger charge is 2.12. The van der Waals surface area contributed by atoms with Gasteiger partial charge >= 0.3 is 5.97 Å². The van der Waals surface area contributed by atoms with Gasteiger partial charge in [0.2, 0.25) is 0 Å². The number of carbonyl (C=O) groups excluding carboxylic acids is 1. The average Bonchev–Trinajstić information content (AvgIpc) is 2.91. The Morgan fingerprint density at radius 2 is 1.71 bits per heavy atom. The van der Waals surface area contributed by atoms with Gasteiger partial charge in [0.1, 0.15) is 16.7 Å². The Hall–Kier alpha value is -2.95. The highest BCUT2D eigenvalue weighted by atomic mass is 16.5. The maximum absolute atomic E-state index is 11.6. The lowest BCUT2D eigenvalue weighted by Gasteiger charge is -2.07. The summed E-state index contributed by atoms with van der Waals surface area (Å²) in [5, 5.41) is 8.78. The van der Waals surface area contributed by atoms with Crippen molar-refractivity contribution in [2.24, 2.45) is 0 Å². The third-order valence-electron chi connectivity index (χ3n) is 2.90. The van der Waals surface area contributed by atoms with E-state index in [1.54, 1.807) is 18.2 Å². The quantitative estimate of drug-likeness (QED) is 0.418. The molecule has 0 fully saturated rings. The van der Waals surface area contributed by atoms with Crippen LogP contribution in [0.5, 0.6) is 5.75 Å². The second kappa shape index (κ2) is 5.58. The first-order valence-electron chi connectivity index (χ1n) is 6.51. The molecule has 104 valence electrons. The average molecular weight is 279 g/mol. The van der Waals surface area contributed by atoms with Crippen molar-refractivity contribution in [3.63, 3.8) is 0 Å². The second-order valence-corrected chi connectivity index (χ2v) is 4.41. The number of hydrogen-bond acceptors (Lipinski definition) is 4. The predicted molar refractivity (Wildman–Crippen MR) is 79.3 cm³/mol. The number of rotatable bonds is 4. The summed E-state index contributed by atoms with van der Waals surface area (Å²) in [4.78, 5) is 13.1. The van der Waals surface area contributed by atoms with Crippen molar-refractivity contribution in [2.45, 2.75) is 6.42 Å². The number of benzene rings is 2. The SMILES string of the molecule is C=CCC(=O)Oc1ccccc1-n1nc2ccccc2n1. The van der Waals surface area contributed by atoms with Crippen LogP contribution in [-0.4, -0.2) is 21.0 Å². The fraction of sp³-hybridized carbons (Fsp3) is 0.0625. The summed E-state index contributed by atoms with van der Waals surface area (Å²) in [6.07, 6.45) is 1.66. The van der Waals surface area contributed by atoms with Gasteiger partial charge < -0.3 is 4.74 Å². The Labute approximate surface area is 121 Å². The van der Waals surface area contributed by atoms with Crippen molar-refractivity contribution >= 4 is 17.0 Å². The second-order valence-electron chi connectivity index (χ2n) is 4.41. The molecule has 0 saturated carbocycles. The Morgan fingerprint density at radius 3 is 2.38 bits per heavy atom. The lowest BCUT2D eigenvalue weighted by atomic mass is 10.3. The predicted octanol–water partition coefficient (Wildman–Crippen LogP) is 2.90. The van der Waals surface area contributed by atoms with Gasteiger partial charge in [0.25, 0.3) is 0 Å². The Bertz CT molecular complexity index is 775.